The first-order valence-electron chi connectivity index (χ1n) is 13.2. The van der Waals surface area contributed by atoms with E-state index >= 15 is 0 Å². The second-order valence-electron chi connectivity index (χ2n) is 9.47. The van der Waals surface area contributed by atoms with Crippen molar-refractivity contribution in [2.75, 3.05) is 11.9 Å². The minimum absolute atomic E-state index is 0.0160. The molecule has 15 heteroatoms. The lowest BCUT2D eigenvalue weighted by Crippen LogP contribution is -2.46. The molecule has 3 rings (SSSR count). The number of amidine groups is 1. The van der Waals surface area contributed by atoms with Crippen molar-refractivity contribution in [2.45, 2.75) is 45.5 Å². The van der Waals surface area contributed by atoms with Gasteiger partial charge in [-0.25, -0.2) is 4.79 Å². The topological polar surface area (TPSA) is 178 Å². The number of pyridine rings is 1. The number of rotatable bonds is 12. The van der Waals surface area contributed by atoms with E-state index in [1.54, 1.807) is 37.4 Å². The maximum atomic E-state index is 13.4. The number of nitrogen functional groups attached to an aromatic ring is 1. The maximum Gasteiger partial charge on any atom is 0.491 e. The quantitative estimate of drug-likeness (QED) is 0.0669. The van der Waals surface area contributed by atoms with Crippen molar-refractivity contribution in [1.29, 1.82) is 5.41 Å². The van der Waals surface area contributed by atoms with Crippen LogP contribution in [0.2, 0.25) is 0 Å². The average Bonchev–Trinajstić information content (AvgIpc) is 2.95. The highest BCUT2D eigenvalue weighted by Crippen LogP contribution is 2.34. The molecule has 1 heterocycles. The summed E-state index contributed by atoms with van der Waals surface area (Å²) < 4.78 is 54.7. The Bertz CT molecular complexity index is 1500. The summed E-state index contributed by atoms with van der Waals surface area (Å²) in [6.07, 6.45) is -2.54. The highest BCUT2D eigenvalue weighted by atomic mass is 19.4. The predicted molar refractivity (Wildman–Crippen MR) is 153 cm³/mol. The van der Waals surface area contributed by atoms with Crippen LogP contribution in [0.5, 0.6) is 17.2 Å². The number of nitrogens with zero attached hydrogens (tertiary/aromatic N) is 1. The molecule has 0 aliphatic carbocycles. The molecule has 1 aromatic heterocycles. The van der Waals surface area contributed by atoms with Crippen LogP contribution >= 0.6 is 0 Å². The van der Waals surface area contributed by atoms with Gasteiger partial charge in [0, 0.05) is 24.1 Å². The van der Waals surface area contributed by atoms with Crippen LogP contribution in [0.1, 0.15) is 43.5 Å². The van der Waals surface area contributed by atoms with Gasteiger partial charge in [0.05, 0.1) is 24.7 Å². The van der Waals surface area contributed by atoms with E-state index in [9.17, 15) is 27.6 Å². The van der Waals surface area contributed by atoms with Gasteiger partial charge >= 0.3 is 12.1 Å². The second kappa shape index (κ2) is 14.7. The lowest BCUT2D eigenvalue weighted by molar-refractivity contribution is -0.189. The minimum Gasteiger partial charge on any atom is -0.490 e. The first-order valence-corrected chi connectivity index (χ1v) is 13.2. The molecule has 0 spiro atoms. The molecule has 0 fully saturated rings. The molecular formula is C29H31F3N6O6. The molecule has 44 heavy (non-hydrogen) atoms. The number of amides is 2. The zero-order chi connectivity index (χ0) is 32.4. The summed E-state index contributed by atoms with van der Waals surface area (Å²) in [5.41, 5.74) is 10.8. The van der Waals surface area contributed by atoms with Crippen molar-refractivity contribution in [2.24, 2.45) is 5.73 Å². The number of anilines is 1. The first-order chi connectivity index (χ1) is 20.8. The zero-order valence-electron chi connectivity index (χ0n) is 24.0. The van der Waals surface area contributed by atoms with E-state index in [1.165, 1.54) is 18.3 Å². The van der Waals surface area contributed by atoms with Crippen LogP contribution in [-0.2, 0) is 20.8 Å². The van der Waals surface area contributed by atoms with Gasteiger partial charge in [0.25, 0.3) is 5.91 Å². The second-order valence-corrected chi connectivity index (χ2v) is 9.47. The van der Waals surface area contributed by atoms with E-state index in [0.717, 1.165) is 12.1 Å². The number of carbonyl (C=O) groups is 3. The SMILES string of the molecule is CCOc1cc(C(Nc2ccc(C(=N)N)c(OC(=O)C(F)(F)F)c2)C(=O)NNC(=O)Cc2cccnc2)ccc1OC(C)C. The standard InChI is InChI=1S/C29H31F3N6O6/c1-4-42-23-13-18(7-10-21(23)43-16(2)3)25(27(40)38-37-24(39)12-17-6-5-11-35-15-17)36-19-8-9-20(26(33)34)22(14-19)44-28(41)29(30,31)32/h5-11,13-16,25,36H,4,12H2,1-3H3,(H3,33,34)(H,37,39)(H,38,40). The lowest BCUT2D eigenvalue weighted by Gasteiger charge is -2.23. The Morgan fingerprint density at radius 3 is 2.39 bits per heavy atom. The summed E-state index contributed by atoms with van der Waals surface area (Å²) in [5, 5.41) is 10.5. The molecule has 1 atom stereocenters. The highest BCUT2D eigenvalue weighted by molar-refractivity contribution is 5.99. The third kappa shape index (κ3) is 9.34. The molecule has 0 radical (unpaired) electrons. The third-order valence-corrected chi connectivity index (χ3v) is 5.66. The normalized spacial score (nSPS) is 11.7. The molecule has 2 aromatic carbocycles. The van der Waals surface area contributed by atoms with Crippen LogP contribution in [0, 0.1) is 5.41 Å². The Kier molecular flexibility index (Phi) is 11.1. The Morgan fingerprint density at radius 1 is 1.02 bits per heavy atom. The molecule has 6 N–H and O–H groups in total. The van der Waals surface area contributed by atoms with Gasteiger partial charge < -0.3 is 25.3 Å². The fourth-order valence-electron chi connectivity index (χ4n) is 3.80. The number of halogens is 3. The molecule has 234 valence electrons. The van der Waals surface area contributed by atoms with Gasteiger partial charge in [0.2, 0.25) is 5.91 Å². The van der Waals surface area contributed by atoms with Crippen LogP contribution in [0.25, 0.3) is 0 Å². The highest BCUT2D eigenvalue weighted by Gasteiger charge is 2.42. The van der Waals surface area contributed by atoms with Crippen molar-refractivity contribution in [3.8, 4) is 17.2 Å². The van der Waals surface area contributed by atoms with Crippen LogP contribution < -0.4 is 36.1 Å². The number of alkyl halides is 3. The van der Waals surface area contributed by atoms with Crippen LogP contribution in [0.15, 0.2) is 60.9 Å². The molecule has 2 amide bonds. The summed E-state index contributed by atoms with van der Waals surface area (Å²) in [4.78, 5) is 41.4. The van der Waals surface area contributed by atoms with Gasteiger partial charge in [-0.3, -0.25) is 30.8 Å². The van der Waals surface area contributed by atoms with Crippen molar-refractivity contribution in [3.63, 3.8) is 0 Å². The number of hydrogen-bond donors (Lipinski definition) is 5. The Labute approximate surface area is 250 Å². The number of aromatic nitrogens is 1. The molecule has 12 nitrogen and oxygen atoms in total. The number of ether oxygens (including phenoxy) is 3. The van der Waals surface area contributed by atoms with Crippen molar-refractivity contribution in [3.05, 3.63) is 77.6 Å². The number of nitrogens with one attached hydrogen (secondary N) is 4. The number of hydrazine groups is 1. The maximum absolute atomic E-state index is 13.4. The summed E-state index contributed by atoms with van der Waals surface area (Å²) in [6, 6.07) is 10.2. The molecule has 0 bridgehead atoms. The fourth-order valence-corrected chi connectivity index (χ4v) is 3.80. The first kappa shape index (κ1) is 33.2. The van der Waals surface area contributed by atoms with Gasteiger partial charge in [-0.15, -0.1) is 0 Å². The number of nitrogens with two attached hydrogens (primary N) is 1. The number of hydrogen-bond acceptors (Lipinski definition) is 9. The van der Waals surface area contributed by atoms with E-state index in [1.807, 2.05) is 13.8 Å². The number of esters is 1. The van der Waals surface area contributed by atoms with E-state index in [2.05, 4.69) is 25.9 Å². The molecule has 3 aromatic rings. The average molecular weight is 617 g/mol. The van der Waals surface area contributed by atoms with E-state index in [-0.39, 0.29) is 30.4 Å². The predicted octanol–water partition coefficient (Wildman–Crippen LogP) is 3.56. The largest absolute Gasteiger partial charge is 0.491 e. The Hall–Kier alpha value is -5.34. The molecule has 0 aliphatic heterocycles. The minimum atomic E-state index is -5.32. The molecule has 0 aliphatic rings. The smallest absolute Gasteiger partial charge is 0.490 e. The number of carbonyl (C=O) groups excluding carboxylic acids is 3. The van der Waals surface area contributed by atoms with E-state index in [4.69, 9.17) is 20.6 Å². The van der Waals surface area contributed by atoms with Gasteiger partial charge in [-0.1, -0.05) is 12.1 Å². The summed E-state index contributed by atoms with van der Waals surface area (Å²) >= 11 is 0. The summed E-state index contributed by atoms with van der Waals surface area (Å²) in [5.74, 6) is -4.45. The molecular weight excluding hydrogens is 585 g/mol. The molecule has 1 unspecified atom stereocenters. The van der Waals surface area contributed by atoms with Crippen LogP contribution in [0.3, 0.4) is 0 Å². The van der Waals surface area contributed by atoms with Gasteiger partial charge in [-0.2, -0.15) is 13.2 Å². The van der Waals surface area contributed by atoms with Crippen LogP contribution in [0.4, 0.5) is 18.9 Å². The van der Waals surface area contributed by atoms with E-state index in [0.29, 0.717) is 22.6 Å². The monoisotopic (exact) mass is 616 g/mol. The van der Waals surface area contributed by atoms with Crippen molar-refractivity contribution in [1.82, 2.24) is 15.8 Å². The Balaban J connectivity index is 1.96. The van der Waals surface area contributed by atoms with Gasteiger partial charge in [0.15, 0.2) is 11.5 Å². The Morgan fingerprint density at radius 2 is 1.77 bits per heavy atom. The van der Waals surface area contributed by atoms with E-state index < -0.39 is 41.6 Å². The van der Waals surface area contributed by atoms with Crippen LogP contribution in [-0.4, -0.2) is 47.5 Å². The van der Waals surface area contributed by atoms with Crippen molar-refractivity contribution >= 4 is 29.3 Å². The lowest BCUT2D eigenvalue weighted by atomic mass is 10.0. The number of benzene rings is 2. The van der Waals surface area contributed by atoms with Gasteiger partial charge in [0.1, 0.15) is 17.6 Å². The van der Waals surface area contributed by atoms with Crippen molar-refractivity contribution < 1.29 is 41.8 Å². The molecule has 0 saturated carbocycles. The summed E-state index contributed by atoms with van der Waals surface area (Å²) in [6.45, 7) is 5.67. The third-order valence-electron chi connectivity index (χ3n) is 5.66. The fraction of sp³-hybridized carbons (Fsp3) is 0.276. The van der Waals surface area contributed by atoms with Gasteiger partial charge in [-0.05, 0) is 62.2 Å². The molecule has 0 saturated heterocycles. The zero-order valence-corrected chi connectivity index (χ0v) is 24.0. The summed E-state index contributed by atoms with van der Waals surface area (Å²) in [7, 11) is 0.